The van der Waals surface area contributed by atoms with Gasteiger partial charge in [0.05, 0.1) is 22.8 Å². The minimum Gasteiger partial charge on any atom is -0.371 e. The third-order valence-electron chi connectivity index (χ3n) is 9.56. The zero-order chi connectivity index (χ0) is 32.7. The molecular formula is C44H32N4O. The molecule has 5 heterocycles. The molecule has 0 aromatic heterocycles. The van der Waals surface area contributed by atoms with E-state index in [1.807, 2.05) is 48.5 Å². The summed E-state index contributed by atoms with van der Waals surface area (Å²) in [5, 5.41) is 7.53. The zero-order valence-electron chi connectivity index (χ0n) is 26.7. The Hall–Kier alpha value is -6.33. The van der Waals surface area contributed by atoms with Gasteiger partial charge in [-0.25, -0.2) is 9.98 Å². The van der Waals surface area contributed by atoms with Crippen LogP contribution in [0, 0.1) is 0 Å². The van der Waals surface area contributed by atoms with Gasteiger partial charge in [0.1, 0.15) is 6.04 Å². The number of allylic oxidation sites excluding steroid dienone is 9. The van der Waals surface area contributed by atoms with Crippen LogP contribution in [-0.2, 0) is 4.79 Å². The van der Waals surface area contributed by atoms with E-state index in [0.29, 0.717) is 0 Å². The van der Waals surface area contributed by atoms with Crippen LogP contribution in [0.25, 0.3) is 22.3 Å². The topological polar surface area (TPSA) is 65.8 Å². The lowest BCUT2D eigenvalue weighted by atomic mass is 9.94. The van der Waals surface area contributed by atoms with E-state index in [9.17, 15) is 4.79 Å². The van der Waals surface area contributed by atoms with Crippen molar-refractivity contribution in [1.82, 2.24) is 10.6 Å². The van der Waals surface area contributed by atoms with Crippen molar-refractivity contribution in [3.63, 3.8) is 0 Å². The van der Waals surface area contributed by atoms with Crippen LogP contribution >= 0.6 is 0 Å². The second-order valence-electron chi connectivity index (χ2n) is 12.6. The first-order chi connectivity index (χ1) is 24.2. The molecular weight excluding hydrogens is 601 g/mol. The van der Waals surface area contributed by atoms with Gasteiger partial charge >= 0.3 is 0 Å². The van der Waals surface area contributed by atoms with Gasteiger partial charge in [-0.15, -0.1) is 0 Å². The number of aliphatic imine (C=N–C) groups is 2. The predicted molar refractivity (Wildman–Crippen MR) is 199 cm³/mol. The van der Waals surface area contributed by atoms with Crippen molar-refractivity contribution in [1.29, 1.82) is 0 Å². The van der Waals surface area contributed by atoms with Gasteiger partial charge in [-0.1, -0.05) is 121 Å². The molecule has 5 aliphatic rings. The highest BCUT2D eigenvalue weighted by Gasteiger charge is 2.35. The number of hydrogen-bond donors (Lipinski definition) is 2. The van der Waals surface area contributed by atoms with Gasteiger partial charge in [0.25, 0.3) is 0 Å². The van der Waals surface area contributed by atoms with Crippen LogP contribution in [0.4, 0.5) is 0 Å². The molecule has 1 unspecified atom stereocenters. The predicted octanol–water partition coefficient (Wildman–Crippen LogP) is 8.48. The van der Waals surface area contributed by atoms with E-state index < -0.39 is 6.04 Å². The van der Waals surface area contributed by atoms with Crippen molar-refractivity contribution in [3.05, 3.63) is 202 Å². The van der Waals surface area contributed by atoms with Gasteiger partial charge in [0.15, 0.2) is 5.78 Å². The quantitative estimate of drug-likeness (QED) is 0.237. The van der Waals surface area contributed by atoms with E-state index in [0.717, 1.165) is 97.3 Å². The molecule has 1 atom stereocenters. The summed E-state index contributed by atoms with van der Waals surface area (Å²) in [6, 6.07) is 40.6. The summed E-state index contributed by atoms with van der Waals surface area (Å²) in [7, 11) is 0. The van der Waals surface area contributed by atoms with E-state index in [-0.39, 0.29) is 5.78 Å². The molecule has 2 N–H and O–H groups in total. The van der Waals surface area contributed by atoms with Crippen LogP contribution in [-0.4, -0.2) is 23.2 Å². The van der Waals surface area contributed by atoms with Gasteiger partial charge in [-0.05, 0) is 59.4 Å². The number of carbonyl (C=O) groups excluding carboxylic acids is 1. The number of carbonyl (C=O) groups is 1. The Balaban J connectivity index is 1.34. The van der Waals surface area contributed by atoms with Crippen molar-refractivity contribution in [2.45, 2.75) is 18.9 Å². The number of hydrogen-bond acceptors (Lipinski definition) is 5. The third kappa shape index (κ3) is 5.17. The maximum atomic E-state index is 14.1. The van der Waals surface area contributed by atoms with E-state index in [1.54, 1.807) is 6.08 Å². The molecule has 4 aromatic rings. The van der Waals surface area contributed by atoms with Gasteiger partial charge in [0, 0.05) is 45.5 Å². The first-order valence-electron chi connectivity index (χ1n) is 16.7. The Morgan fingerprint density at radius 2 is 0.959 bits per heavy atom. The summed E-state index contributed by atoms with van der Waals surface area (Å²) in [5.74, 6) is -0.0163. The number of nitrogens with one attached hydrogen (secondary N) is 2. The normalized spacial score (nSPS) is 19.7. The largest absolute Gasteiger partial charge is 0.371 e. The highest BCUT2D eigenvalue weighted by Crippen LogP contribution is 2.40. The minimum atomic E-state index is -0.620. The average molecular weight is 633 g/mol. The van der Waals surface area contributed by atoms with E-state index in [2.05, 4.69) is 108 Å². The molecule has 0 spiro atoms. The molecule has 0 saturated carbocycles. The Morgan fingerprint density at radius 3 is 1.49 bits per heavy atom. The standard InChI is InChI=1S/C44H32N4O/c49-39-27-38-42(30-17-9-3-10-18-30)36-24-23-34(46-36)40(28-13-5-1-6-14-28)32-21-22-33(45-32)41(29-15-7-2-8-16-29)35-25-26-37(47-35)43(44(39)48-38)31-19-11-4-12-20-31/h1-20,23-27,44-45,48H,21-22H2. The summed E-state index contributed by atoms with van der Waals surface area (Å²) in [6.45, 7) is 0. The summed E-state index contributed by atoms with van der Waals surface area (Å²) < 4.78 is 0. The van der Waals surface area contributed by atoms with Gasteiger partial charge in [-0.2, -0.15) is 0 Å². The number of fused-ring (bicyclic) bond motifs is 6. The first kappa shape index (κ1) is 28.9. The lowest BCUT2D eigenvalue weighted by Gasteiger charge is -2.20. The number of nitrogens with zero attached hydrogens (tertiary/aromatic N) is 2. The van der Waals surface area contributed by atoms with Crippen molar-refractivity contribution < 1.29 is 4.79 Å². The Bertz CT molecular complexity index is 2300. The zero-order valence-corrected chi connectivity index (χ0v) is 26.7. The number of rotatable bonds is 4. The molecule has 0 radical (unpaired) electrons. The smallest absolute Gasteiger partial charge is 0.184 e. The van der Waals surface area contributed by atoms with Crippen LogP contribution in [0.5, 0.6) is 0 Å². The summed E-state index contributed by atoms with van der Waals surface area (Å²) in [6.07, 6.45) is 11.7. The van der Waals surface area contributed by atoms with Crippen molar-refractivity contribution >= 4 is 39.5 Å². The molecule has 234 valence electrons. The Labute approximate surface area is 285 Å². The maximum Gasteiger partial charge on any atom is 0.184 e. The lowest BCUT2D eigenvalue weighted by Crippen LogP contribution is -2.31. The van der Waals surface area contributed by atoms with Gasteiger partial charge < -0.3 is 10.6 Å². The summed E-state index contributed by atoms with van der Waals surface area (Å²) >= 11 is 0. The van der Waals surface area contributed by atoms with E-state index in [1.165, 1.54) is 0 Å². The molecule has 0 amide bonds. The second kappa shape index (κ2) is 12.0. The van der Waals surface area contributed by atoms with Crippen LogP contribution in [0.1, 0.15) is 35.1 Å². The van der Waals surface area contributed by atoms with Gasteiger partial charge in [0.2, 0.25) is 0 Å². The van der Waals surface area contributed by atoms with Crippen LogP contribution < -0.4 is 10.6 Å². The molecule has 1 fully saturated rings. The first-order valence-corrected chi connectivity index (χ1v) is 16.7. The minimum absolute atomic E-state index is 0.0163. The highest BCUT2D eigenvalue weighted by atomic mass is 16.1. The van der Waals surface area contributed by atoms with Crippen LogP contribution in [0.2, 0.25) is 0 Å². The molecule has 8 bridgehead atoms. The molecule has 5 heteroatoms. The summed E-state index contributed by atoms with van der Waals surface area (Å²) in [4.78, 5) is 24.7. The average Bonchev–Trinajstić information content (AvgIpc) is 3.98. The fraction of sp³-hybridized carbons (Fsp3) is 0.0682. The second-order valence-corrected chi connectivity index (χ2v) is 12.6. The van der Waals surface area contributed by atoms with Crippen molar-refractivity contribution in [3.8, 4) is 0 Å². The van der Waals surface area contributed by atoms with Crippen molar-refractivity contribution in [2.75, 3.05) is 0 Å². The number of benzene rings is 4. The highest BCUT2D eigenvalue weighted by molar-refractivity contribution is 6.33. The SMILES string of the molecule is O=C1C=C2NC1C(c1ccccc1)=C1C=CC(=N1)C(c1ccccc1)=C1CCC(=C(c3ccccc3)C3=NC(=C2c2ccccc2)C=C3)N1. The molecule has 0 aliphatic carbocycles. The van der Waals surface area contributed by atoms with Crippen LogP contribution in [0.3, 0.4) is 0 Å². The van der Waals surface area contributed by atoms with Crippen molar-refractivity contribution in [2.24, 2.45) is 9.98 Å². The van der Waals surface area contributed by atoms with Crippen LogP contribution in [0.15, 0.2) is 190 Å². The fourth-order valence-electron chi connectivity index (χ4n) is 7.37. The third-order valence-corrected chi connectivity index (χ3v) is 9.56. The fourth-order valence-corrected chi connectivity index (χ4v) is 7.37. The molecule has 49 heavy (non-hydrogen) atoms. The monoisotopic (exact) mass is 632 g/mol. The molecule has 5 nitrogen and oxygen atoms in total. The Morgan fingerprint density at radius 1 is 0.510 bits per heavy atom. The molecule has 5 aliphatic heterocycles. The van der Waals surface area contributed by atoms with E-state index >= 15 is 0 Å². The molecule has 1 saturated heterocycles. The van der Waals surface area contributed by atoms with E-state index in [4.69, 9.17) is 9.98 Å². The Kier molecular flexibility index (Phi) is 7.09. The lowest BCUT2D eigenvalue weighted by molar-refractivity contribution is -0.114. The van der Waals surface area contributed by atoms with Gasteiger partial charge in [-0.3, -0.25) is 4.79 Å². The maximum absolute atomic E-state index is 14.1. The molecule has 9 rings (SSSR count). The number of ketones is 1. The molecule has 4 aromatic carbocycles. The summed E-state index contributed by atoms with van der Waals surface area (Å²) in [5.41, 5.74) is 14.4.